The Morgan fingerprint density at radius 2 is 2.42 bits per heavy atom. The zero-order chi connectivity index (χ0) is 9.56. The summed E-state index contributed by atoms with van der Waals surface area (Å²) in [6.07, 6.45) is 0.573. The van der Waals surface area contributed by atoms with E-state index in [1.807, 2.05) is 0 Å². The minimum absolute atomic E-state index is 0.204. The molecular weight excluding hydrogens is 158 g/mol. The molecule has 0 aromatic carbocycles. The molecule has 12 heavy (non-hydrogen) atoms. The van der Waals surface area contributed by atoms with Gasteiger partial charge in [-0.1, -0.05) is 6.58 Å². The van der Waals surface area contributed by atoms with Gasteiger partial charge in [0.1, 0.15) is 0 Å². The number of carbonyl (C=O) groups excluding carboxylic acids is 1. The first-order valence-corrected chi connectivity index (χ1v) is 3.66. The Balaban J connectivity index is 3.74. The number of aliphatic hydroxyl groups excluding tert-OH is 1. The van der Waals surface area contributed by atoms with E-state index in [-0.39, 0.29) is 19.1 Å². The summed E-state index contributed by atoms with van der Waals surface area (Å²) in [5.74, 6) is -0.204. The predicted octanol–water partition coefficient (Wildman–Crippen LogP) is -0.362. The van der Waals surface area contributed by atoms with Gasteiger partial charge in [0.2, 0.25) is 5.91 Å². The maximum Gasteiger partial charge on any atom is 0.245 e. The Labute approximate surface area is 72.4 Å². The van der Waals surface area contributed by atoms with E-state index in [0.29, 0.717) is 0 Å². The van der Waals surface area contributed by atoms with Gasteiger partial charge in [0, 0.05) is 20.7 Å². The molecule has 0 heterocycles. The average molecular weight is 173 g/mol. The number of methoxy groups -OCH3 is 1. The summed E-state index contributed by atoms with van der Waals surface area (Å²) in [6.45, 7) is 3.82. The molecule has 1 unspecified atom stereocenters. The van der Waals surface area contributed by atoms with Crippen molar-refractivity contribution >= 4 is 5.91 Å². The van der Waals surface area contributed by atoms with Crippen LogP contribution in [0.4, 0.5) is 0 Å². The number of likely N-dealkylation sites (N-methyl/N-ethyl adjacent to an activating group) is 1. The van der Waals surface area contributed by atoms with Crippen LogP contribution in [0.15, 0.2) is 12.7 Å². The van der Waals surface area contributed by atoms with Crippen LogP contribution >= 0.6 is 0 Å². The van der Waals surface area contributed by atoms with Gasteiger partial charge in [0.05, 0.1) is 12.7 Å². The molecule has 4 heteroatoms. The minimum Gasteiger partial charge on any atom is -0.389 e. The molecule has 1 atom stereocenters. The Morgan fingerprint density at radius 1 is 1.83 bits per heavy atom. The SMILES string of the molecule is C=CC(=O)N(C)CC(O)COC. The molecule has 0 rings (SSSR count). The molecule has 0 aliphatic rings. The first kappa shape index (κ1) is 11.1. The van der Waals surface area contributed by atoms with Crippen molar-refractivity contribution in [1.29, 1.82) is 0 Å². The largest absolute Gasteiger partial charge is 0.389 e. The van der Waals surface area contributed by atoms with Crippen molar-refractivity contribution < 1.29 is 14.6 Å². The molecule has 0 bridgehead atoms. The van der Waals surface area contributed by atoms with E-state index in [9.17, 15) is 9.90 Å². The van der Waals surface area contributed by atoms with Crippen LogP contribution in [0.2, 0.25) is 0 Å². The summed E-state index contributed by atoms with van der Waals surface area (Å²) < 4.78 is 4.70. The lowest BCUT2D eigenvalue weighted by Crippen LogP contribution is -2.35. The van der Waals surface area contributed by atoms with Crippen LogP contribution in [0.5, 0.6) is 0 Å². The summed E-state index contributed by atoms with van der Waals surface area (Å²) in [4.78, 5) is 12.3. The zero-order valence-corrected chi connectivity index (χ0v) is 7.49. The van der Waals surface area contributed by atoms with Crippen molar-refractivity contribution in [1.82, 2.24) is 4.90 Å². The second-order valence-electron chi connectivity index (χ2n) is 2.53. The van der Waals surface area contributed by atoms with Crippen molar-refractivity contribution in [3.05, 3.63) is 12.7 Å². The Kier molecular flexibility index (Phi) is 5.32. The Morgan fingerprint density at radius 3 is 2.83 bits per heavy atom. The van der Waals surface area contributed by atoms with Gasteiger partial charge < -0.3 is 14.7 Å². The number of nitrogens with zero attached hydrogens (tertiary/aromatic N) is 1. The van der Waals surface area contributed by atoms with Crippen LogP contribution in [0.3, 0.4) is 0 Å². The van der Waals surface area contributed by atoms with E-state index in [1.165, 1.54) is 18.1 Å². The van der Waals surface area contributed by atoms with E-state index >= 15 is 0 Å². The third kappa shape index (κ3) is 4.10. The number of carbonyl (C=O) groups is 1. The van der Waals surface area contributed by atoms with Crippen LogP contribution in [-0.4, -0.2) is 49.3 Å². The highest BCUT2D eigenvalue weighted by Gasteiger charge is 2.10. The van der Waals surface area contributed by atoms with Crippen molar-refractivity contribution in [2.45, 2.75) is 6.10 Å². The lowest BCUT2D eigenvalue weighted by molar-refractivity contribution is -0.126. The number of hydrogen-bond donors (Lipinski definition) is 1. The molecule has 4 nitrogen and oxygen atoms in total. The molecule has 0 saturated carbocycles. The second kappa shape index (κ2) is 5.74. The summed E-state index contributed by atoms with van der Waals surface area (Å²) in [5, 5.41) is 9.21. The van der Waals surface area contributed by atoms with Gasteiger partial charge >= 0.3 is 0 Å². The summed E-state index contributed by atoms with van der Waals surface area (Å²) >= 11 is 0. The third-order valence-electron chi connectivity index (χ3n) is 1.39. The molecule has 0 saturated heterocycles. The second-order valence-corrected chi connectivity index (χ2v) is 2.53. The normalized spacial score (nSPS) is 12.2. The standard InChI is InChI=1S/C8H15NO3/c1-4-8(11)9(2)5-7(10)6-12-3/h4,7,10H,1,5-6H2,2-3H3. The van der Waals surface area contributed by atoms with Gasteiger partial charge in [-0.05, 0) is 6.08 Å². The van der Waals surface area contributed by atoms with E-state index in [1.54, 1.807) is 7.05 Å². The van der Waals surface area contributed by atoms with Gasteiger partial charge in [0.15, 0.2) is 0 Å². The molecule has 0 aromatic rings. The fourth-order valence-corrected chi connectivity index (χ4v) is 0.807. The molecule has 0 aromatic heterocycles. The summed E-state index contributed by atoms with van der Waals surface area (Å²) in [6, 6.07) is 0. The van der Waals surface area contributed by atoms with Gasteiger partial charge in [-0.3, -0.25) is 4.79 Å². The van der Waals surface area contributed by atoms with Crippen molar-refractivity contribution in [2.24, 2.45) is 0 Å². The van der Waals surface area contributed by atoms with E-state index in [0.717, 1.165) is 0 Å². The van der Waals surface area contributed by atoms with Crippen LogP contribution in [0, 0.1) is 0 Å². The molecular formula is C8H15NO3. The quantitative estimate of drug-likeness (QED) is 0.577. The van der Waals surface area contributed by atoms with Crippen LogP contribution < -0.4 is 0 Å². The number of ether oxygens (including phenoxy) is 1. The van der Waals surface area contributed by atoms with Crippen molar-refractivity contribution in [3.8, 4) is 0 Å². The molecule has 0 radical (unpaired) electrons. The van der Waals surface area contributed by atoms with Crippen molar-refractivity contribution in [2.75, 3.05) is 27.3 Å². The van der Waals surface area contributed by atoms with Crippen LogP contribution in [0.25, 0.3) is 0 Å². The lowest BCUT2D eigenvalue weighted by Gasteiger charge is -2.18. The fourth-order valence-electron chi connectivity index (χ4n) is 0.807. The zero-order valence-electron chi connectivity index (χ0n) is 7.49. The van der Waals surface area contributed by atoms with Gasteiger partial charge in [0.25, 0.3) is 0 Å². The molecule has 1 N–H and O–H groups in total. The van der Waals surface area contributed by atoms with Gasteiger partial charge in [-0.25, -0.2) is 0 Å². The molecule has 1 amide bonds. The van der Waals surface area contributed by atoms with Gasteiger partial charge in [-0.15, -0.1) is 0 Å². The number of aliphatic hydroxyl groups is 1. The molecule has 0 aliphatic heterocycles. The number of hydrogen-bond acceptors (Lipinski definition) is 3. The lowest BCUT2D eigenvalue weighted by atomic mass is 10.3. The predicted molar refractivity (Wildman–Crippen MR) is 45.7 cm³/mol. The molecule has 0 fully saturated rings. The van der Waals surface area contributed by atoms with Crippen molar-refractivity contribution in [3.63, 3.8) is 0 Å². The first-order chi connectivity index (χ1) is 5.61. The number of amides is 1. The van der Waals surface area contributed by atoms with Crippen LogP contribution in [0.1, 0.15) is 0 Å². The highest BCUT2D eigenvalue weighted by molar-refractivity contribution is 5.86. The first-order valence-electron chi connectivity index (χ1n) is 3.66. The minimum atomic E-state index is -0.635. The monoisotopic (exact) mass is 173 g/mol. The van der Waals surface area contributed by atoms with E-state index < -0.39 is 6.10 Å². The fraction of sp³-hybridized carbons (Fsp3) is 0.625. The summed E-state index contributed by atoms with van der Waals surface area (Å²) in [5.41, 5.74) is 0. The average Bonchev–Trinajstić information content (AvgIpc) is 2.03. The molecule has 0 spiro atoms. The summed E-state index contributed by atoms with van der Waals surface area (Å²) in [7, 11) is 3.10. The molecule has 70 valence electrons. The van der Waals surface area contributed by atoms with Crippen LogP contribution in [-0.2, 0) is 9.53 Å². The molecule has 0 aliphatic carbocycles. The highest BCUT2D eigenvalue weighted by Crippen LogP contribution is 1.91. The van der Waals surface area contributed by atoms with E-state index in [2.05, 4.69) is 6.58 Å². The maximum atomic E-state index is 10.9. The number of rotatable bonds is 5. The highest BCUT2D eigenvalue weighted by atomic mass is 16.5. The smallest absolute Gasteiger partial charge is 0.245 e. The Bertz CT molecular complexity index is 158. The third-order valence-corrected chi connectivity index (χ3v) is 1.39. The van der Waals surface area contributed by atoms with Gasteiger partial charge in [-0.2, -0.15) is 0 Å². The topological polar surface area (TPSA) is 49.8 Å². The maximum absolute atomic E-state index is 10.9. The Hall–Kier alpha value is -0.870. The van der Waals surface area contributed by atoms with E-state index in [4.69, 9.17) is 4.74 Å².